The number of hydrogen-bond donors (Lipinski definition) is 0. The third-order valence-corrected chi connectivity index (χ3v) is 2.62. The molecule has 3 nitrogen and oxygen atoms in total. The van der Waals surface area contributed by atoms with Crippen LogP contribution in [0.15, 0.2) is 43.0 Å². The fourth-order valence-corrected chi connectivity index (χ4v) is 1.58. The Morgan fingerprint density at radius 3 is 2.50 bits per heavy atom. The maximum atomic E-state index is 11.0. The maximum absolute atomic E-state index is 11.0. The molecule has 0 radical (unpaired) electrons. The summed E-state index contributed by atoms with van der Waals surface area (Å²) in [6.45, 7) is 3.37. The second kappa shape index (κ2) is 4.84. The van der Waals surface area contributed by atoms with E-state index in [1.165, 1.54) is 6.08 Å². The van der Waals surface area contributed by atoms with E-state index in [1.54, 1.807) is 0 Å². The SMILES string of the molecule is C=CC(=O)OC1CCC1Oc1ccccc1. The molecular formula is C13H14O3. The summed E-state index contributed by atoms with van der Waals surface area (Å²) in [6.07, 6.45) is 2.80. The summed E-state index contributed by atoms with van der Waals surface area (Å²) in [4.78, 5) is 11.0. The first-order valence-electron chi connectivity index (χ1n) is 5.34. The van der Waals surface area contributed by atoms with Crippen LogP contribution in [0.5, 0.6) is 5.75 Å². The molecule has 0 heterocycles. The summed E-state index contributed by atoms with van der Waals surface area (Å²) in [6, 6.07) is 9.55. The molecule has 0 aromatic heterocycles. The number of ether oxygens (including phenoxy) is 2. The van der Waals surface area contributed by atoms with Gasteiger partial charge in [0.25, 0.3) is 0 Å². The molecule has 3 heteroatoms. The normalized spacial score (nSPS) is 23.0. The molecule has 1 saturated carbocycles. The highest BCUT2D eigenvalue weighted by Gasteiger charge is 2.35. The van der Waals surface area contributed by atoms with E-state index in [1.807, 2.05) is 30.3 Å². The highest BCUT2D eigenvalue weighted by atomic mass is 16.6. The molecule has 1 fully saturated rings. The van der Waals surface area contributed by atoms with Crippen LogP contribution in [0.4, 0.5) is 0 Å². The molecule has 1 aromatic carbocycles. The van der Waals surface area contributed by atoms with E-state index in [-0.39, 0.29) is 18.2 Å². The molecule has 0 N–H and O–H groups in total. The highest BCUT2D eigenvalue weighted by Crippen LogP contribution is 2.28. The van der Waals surface area contributed by atoms with E-state index in [0.29, 0.717) is 0 Å². The lowest BCUT2D eigenvalue weighted by Crippen LogP contribution is -2.44. The van der Waals surface area contributed by atoms with Gasteiger partial charge in [-0.1, -0.05) is 24.8 Å². The molecule has 0 aliphatic heterocycles. The Balaban J connectivity index is 1.87. The van der Waals surface area contributed by atoms with E-state index < -0.39 is 0 Å². The van der Waals surface area contributed by atoms with Crippen LogP contribution in [0.2, 0.25) is 0 Å². The number of hydrogen-bond acceptors (Lipinski definition) is 3. The first-order chi connectivity index (χ1) is 7.79. The Morgan fingerprint density at radius 2 is 1.94 bits per heavy atom. The van der Waals surface area contributed by atoms with Crippen molar-refractivity contribution in [1.82, 2.24) is 0 Å². The van der Waals surface area contributed by atoms with Crippen LogP contribution in [0.25, 0.3) is 0 Å². The molecule has 0 spiro atoms. The quantitative estimate of drug-likeness (QED) is 0.574. The van der Waals surface area contributed by atoms with Crippen LogP contribution in [-0.2, 0) is 9.53 Å². The minimum atomic E-state index is -0.383. The van der Waals surface area contributed by atoms with Gasteiger partial charge in [-0.25, -0.2) is 4.79 Å². The fourth-order valence-electron chi connectivity index (χ4n) is 1.58. The Morgan fingerprint density at radius 1 is 1.25 bits per heavy atom. The fraction of sp³-hybridized carbons (Fsp3) is 0.308. The van der Waals surface area contributed by atoms with Crippen LogP contribution >= 0.6 is 0 Å². The van der Waals surface area contributed by atoms with Crippen LogP contribution in [-0.4, -0.2) is 18.2 Å². The van der Waals surface area contributed by atoms with E-state index in [9.17, 15) is 4.79 Å². The zero-order valence-corrected chi connectivity index (χ0v) is 8.96. The van der Waals surface area contributed by atoms with Gasteiger partial charge in [-0.15, -0.1) is 0 Å². The van der Waals surface area contributed by atoms with Crippen LogP contribution < -0.4 is 4.74 Å². The summed E-state index contributed by atoms with van der Waals surface area (Å²) in [5.41, 5.74) is 0. The zero-order valence-electron chi connectivity index (χ0n) is 8.96. The number of rotatable bonds is 4. The van der Waals surface area contributed by atoms with Gasteiger partial charge in [0.1, 0.15) is 18.0 Å². The number of esters is 1. The smallest absolute Gasteiger partial charge is 0.330 e. The first-order valence-corrected chi connectivity index (χ1v) is 5.34. The van der Waals surface area contributed by atoms with Crippen molar-refractivity contribution in [2.75, 3.05) is 0 Å². The van der Waals surface area contributed by atoms with Crippen molar-refractivity contribution in [3.63, 3.8) is 0 Å². The molecule has 2 unspecified atom stereocenters. The first kappa shape index (κ1) is 10.7. The Bertz CT molecular complexity index is 372. The standard InChI is InChI=1S/C13H14O3/c1-2-13(14)16-12-9-8-11(12)15-10-6-4-3-5-7-10/h2-7,11-12H,1,8-9H2. The van der Waals surface area contributed by atoms with Gasteiger partial charge >= 0.3 is 5.97 Å². The average molecular weight is 218 g/mol. The molecule has 1 aromatic rings. The van der Waals surface area contributed by atoms with Gasteiger partial charge < -0.3 is 9.47 Å². The van der Waals surface area contributed by atoms with Crippen molar-refractivity contribution in [1.29, 1.82) is 0 Å². The monoisotopic (exact) mass is 218 g/mol. The van der Waals surface area contributed by atoms with E-state index in [2.05, 4.69) is 6.58 Å². The summed E-state index contributed by atoms with van der Waals surface area (Å²) in [5.74, 6) is 0.429. The molecule has 0 bridgehead atoms. The number of para-hydroxylation sites is 1. The molecule has 1 aliphatic rings. The Hall–Kier alpha value is -1.77. The minimum Gasteiger partial charge on any atom is -0.487 e. The summed E-state index contributed by atoms with van der Waals surface area (Å²) in [5, 5.41) is 0. The lowest BCUT2D eigenvalue weighted by atomic mass is 9.91. The lowest BCUT2D eigenvalue weighted by molar-refractivity contribution is -0.156. The zero-order chi connectivity index (χ0) is 11.4. The second-order valence-electron chi connectivity index (χ2n) is 3.73. The molecule has 0 saturated heterocycles. The van der Waals surface area contributed by atoms with Crippen molar-refractivity contribution < 1.29 is 14.3 Å². The van der Waals surface area contributed by atoms with Crippen molar-refractivity contribution in [2.24, 2.45) is 0 Å². The highest BCUT2D eigenvalue weighted by molar-refractivity contribution is 5.81. The molecule has 2 atom stereocenters. The van der Waals surface area contributed by atoms with Gasteiger partial charge in [-0.05, 0) is 25.0 Å². The predicted molar refractivity (Wildman–Crippen MR) is 60.2 cm³/mol. The molecule has 16 heavy (non-hydrogen) atoms. The topological polar surface area (TPSA) is 35.5 Å². The lowest BCUT2D eigenvalue weighted by Gasteiger charge is -2.35. The number of carbonyl (C=O) groups excluding carboxylic acids is 1. The van der Waals surface area contributed by atoms with Crippen molar-refractivity contribution in [2.45, 2.75) is 25.0 Å². The van der Waals surface area contributed by atoms with Gasteiger partial charge in [0.2, 0.25) is 0 Å². The maximum Gasteiger partial charge on any atom is 0.330 e. The molecule has 84 valence electrons. The molecule has 0 amide bonds. The second-order valence-corrected chi connectivity index (χ2v) is 3.73. The van der Waals surface area contributed by atoms with Gasteiger partial charge in [0.15, 0.2) is 0 Å². The Kier molecular flexibility index (Phi) is 3.25. The van der Waals surface area contributed by atoms with Crippen LogP contribution in [0.3, 0.4) is 0 Å². The summed E-state index contributed by atoms with van der Waals surface area (Å²) >= 11 is 0. The predicted octanol–water partition coefficient (Wildman–Crippen LogP) is 2.33. The van der Waals surface area contributed by atoms with Gasteiger partial charge in [-0.2, -0.15) is 0 Å². The molecule has 2 rings (SSSR count). The molecule has 1 aliphatic carbocycles. The average Bonchev–Trinajstić information content (AvgIpc) is 2.32. The largest absolute Gasteiger partial charge is 0.487 e. The minimum absolute atomic E-state index is 0.0219. The summed E-state index contributed by atoms with van der Waals surface area (Å²) in [7, 11) is 0. The summed E-state index contributed by atoms with van der Waals surface area (Å²) < 4.78 is 10.8. The van der Waals surface area contributed by atoms with E-state index in [0.717, 1.165) is 18.6 Å². The third-order valence-electron chi connectivity index (χ3n) is 2.62. The van der Waals surface area contributed by atoms with Crippen LogP contribution in [0.1, 0.15) is 12.8 Å². The van der Waals surface area contributed by atoms with Gasteiger partial charge in [0.05, 0.1) is 0 Å². The van der Waals surface area contributed by atoms with E-state index in [4.69, 9.17) is 9.47 Å². The van der Waals surface area contributed by atoms with Crippen molar-refractivity contribution >= 4 is 5.97 Å². The number of benzene rings is 1. The van der Waals surface area contributed by atoms with Gasteiger partial charge in [0, 0.05) is 6.08 Å². The van der Waals surface area contributed by atoms with Crippen molar-refractivity contribution in [3.05, 3.63) is 43.0 Å². The molecular weight excluding hydrogens is 204 g/mol. The van der Waals surface area contributed by atoms with Gasteiger partial charge in [-0.3, -0.25) is 0 Å². The van der Waals surface area contributed by atoms with E-state index >= 15 is 0 Å². The van der Waals surface area contributed by atoms with Crippen LogP contribution in [0, 0.1) is 0 Å². The number of carbonyl (C=O) groups is 1. The third kappa shape index (κ3) is 2.42. The Labute approximate surface area is 94.7 Å². The van der Waals surface area contributed by atoms with Crippen molar-refractivity contribution in [3.8, 4) is 5.75 Å².